The van der Waals surface area contributed by atoms with Crippen LogP contribution in [0, 0.1) is 11.8 Å². The molecule has 0 aromatic heterocycles. The summed E-state index contributed by atoms with van der Waals surface area (Å²) in [4.78, 5) is 4.57. The summed E-state index contributed by atoms with van der Waals surface area (Å²) in [7, 11) is 0. The number of aliphatic imine (C=N–C) groups is 1. The summed E-state index contributed by atoms with van der Waals surface area (Å²) in [6.07, 6.45) is 8.36. The highest BCUT2D eigenvalue weighted by Crippen LogP contribution is 2.40. The van der Waals surface area contributed by atoms with E-state index in [0.29, 0.717) is 0 Å². The van der Waals surface area contributed by atoms with Crippen LogP contribution < -0.4 is 0 Å². The van der Waals surface area contributed by atoms with E-state index >= 15 is 0 Å². The Morgan fingerprint density at radius 1 is 1.64 bits per heavy atom. The predicted molar refractivity (Wildman–Crippen MR) is 47.9 cm³/mol. The summed E-state index contributed by atoms with van der Waals surface area (Å²) in [6.45, 7) is 3.23. The molecule has 1 saturated carbocycles. The minimum Gasteiger partial charge on any atom is -0.294 e. The first-order valence-electron chi connectivity index (χ1n) is 4.61. The van der Waals surface area contributed by atoms with E-state index in [9.17, 15) is 0 Å². The number of hydrogen-bond donors (Lipinski definition) is 0. The topological polar surface area (TPSA) is 12.4 Å². The van der Waals surface area contributed by atoms with Gasteiger partial charge in [-0.3, -0.25) is 4.99 Å². The van der Waals surface area contributed by atoms with Gasteiger partial charge in [-0.2, -0.15) is 0 Å². The third kappa shape index (κ3) is 1.13. The summed E-state index contributed by atoms with van der Waals surface area (Å²) < 4.78 is 0. The average molecular weight is 149 g/mol. The molecule has 2 aliphatic carbocycles. The van der Waals surface area contributed by atoms with Crippen molar-refractivity contribution in [2.24, 2.45) is 16.8 Å². The van der Waals surface area contributed by atoms with Crippen LogP contribution in [0.2, 0.25) is 0 Å². The molecule has 0 saturated heterocycles. The molecule has 0 radical (unpaired) electrons. The molecule has 2 atom stereocenters. The Labute approximate surface area is 68.2 Å². The van der Waals surface area contributed by atoms with Gasteiger partial charge >= 0.3 is 0 Å². The predicted octanol–water partition coefficient (Wildman–Crippen LogP) is 2.43. The molecule has 2 aliphatic rings. The summed E-state index contributed by atoms with van der Waals surface area (Å²) in [5.41, 5.74) is 1.49. The molecular weight excluding hydrogens is 134 g/mol. The third-order valence-electron chi connectivity index (χ3n) is 2.70. The Hall–Kier alpha value is -0.590. The molecule has 0 spiro atoms. The first-order valence-corrected chi connectivity index (χ1v) is 4.61. The van der Waals surface area contributed by atoms with Crippen molar-refractivity contribution in [3.63, 3.8) is 0 Å². The smallest absolute Gasteiger partial charge is 0.0386 e. The summed E-state index contributed by atoms with van der Waals surface area (Å²) >= 11 is 0. The first-order chi connectivity index (χ1) is 5.42. The fourth-order valence-corrected chi connectivity index (χ4v) is 1.97. The second-order valence-electron chi connectivity index (χ2n) is 3.51. The largest absolute Gasteiger partial charge is 0.294 e. The highest BCUT2D eigenvalue weighted by atomic mass is 14.8. The molecule has 11 heavy (non-hydrogen) atoms. The van der Waals surface area contributed by atoms with Crippen LogP contribution in [0.5, 0.6) is 0 Å². The second kappa shape index (κ2) is 2.80. The molecule has 2 rings (SSSR count). The molecule has 0 aromatic carbocycles. The first kappa shape index (κ1) is 7.08. The van der Waals surface area contributed by atoms with Crippen LogP contribution >= 0.6 is 0 Å². The van der Waals surface area contributed by atoms with E-state index in [-0.39, 0.29) is 0 Å². The van der Waals surface area contributed by atoms with Crippen molar-refractivity contribution in [1.29, 1.82) is 0 Å². The van der Waals surface area contributed by atoms with Gasteiger partial charge in [0.25, 0.3) is 0 Å². The van der Waals surface area contributed by atoms with Gasteiger partial charge in [0, 0.05) is 18.2 Å². The molecule has 1 heteroatoms. The van der Waals surface area contributed by atoms with Crippen molar-refractivity contribution in [2.75, 3.05) is 6.54 Å². The van der Waals surface area contributed by atoms with Gasteiger partial charge in [0.05, 0.1) is 0 Å². The summed E-state index contributed by atoms with van der Waals surface area (Å²) in [6, 6.07) is 0. The summed E-state index contributed by atoms with van der Waals surface area (Å²) in [5.74, 6) is 1.69. The molecule has 0 bridgehead atoms. The molecule has 1 nitrogen and oxygen atoms in total. The van der Waals surface area contributed by atoms with Crippen molar-refractivity contribution >= 4 is 5.71 Å². The van der Waals surface area contributed by atoms with E-state index in [2.05, 4.69) is 24.1 Å². The number of rotatable bonds is 2. The maximum atomic E-state index is 4.57. The monoisotopic (exact) mass is 149 g/mol. The van der Waals surface area contributed by atoms with Gasteiger partial charge < -0.3 is 0 Å². The van der Waals surface area contributed by atoms with Crippen LogP contribution in [0.3, 0.4) is 0 Å². The van der Waals surface area contributed by atoms with Crippen molar-refractivity contribution in [3.8, 4) is 0 Å². The maximum Gasteiger partial charge on any atom is 0.0386 e. The van der Waals surface area contributed by atoms with Crippen LogP contribution in [-0.4, -0.2) is 12.3 Å². The molecule has 1 fully saturated rings. The van der Waals surface area contributed by atoms with Crippen molar-refractivity contribution in [1.82, 2.24) is 0 Å². The van der Waals surface area contributed by atoms with Crippen molar-refractivity contribution in [2.45, 2.75) is 26.2 Å². The van der Waals surface area contributed by atoms with Crippen LogP contribution in [0.1, 0.15) is 26.2 Å². The number of hydrogen-bond acceptors (Lipinski definition) is 1. The zero-order valence-corrected chi connectivity index (χ0v) is 7.09. The van der Waals surface area contributed by atoms with Crippen LogP contribution in [0.15, 0.2) is 17.1 Å². The van der Waals surface area contributed by atoms with E-state index in [1.165, 1.54) is 25.0 Å². The van der Waals surface area contributed by atoms with Crippen molar-refractivity contribution in [3.05, 3.63) is 12.2 Å². The molecule has 0 amide bonds. The molecule has 0 unspecified atom stereocenters. The van der Waals surface area contributed by atoms with Gasteiger partial charge in [-0.25, -0.2) is 0 Å². The minimum absolute atomic E-state index is 0.821. The SMILES string of the molecule is CCCN=C1C[C@H]2C=CC[C@@H]12. The zero-order chi connectivity index (χ0) is 7.68. The van der Waals surface area contributed by atoms with Crippen molar-refractivity contribution < 1.29 is 0 Å². The van der Waals surface area contributed by atoms with E-state index in [1.54, 1.807) is 0 Å². The standard InChI is InChI=1S/C10H15N/c1-2-6-11-10-7-8-4-3-5-9(8)10/h3-4,8-9H,2,5-7H2,1H3/t8-,9-/m1/s1. The Kier molecular flexibility index (Phi) is 1.80. The Balaban J connectivity index is 1.91. The quantitative estimate of drug-likeness (QED) is 0.535. The Morgan fingerprint density at radius 2 is 2.55 bits per heavy atom. The lowest BCUT2D eigenvalue weighted by atomic mass is 9.74. The zero-order valence-electron chi connectivity index (χ0n) is 7.09. The van der Waals surface area contributed by atoms with E-state index in [1.807, 2.05) is 0 Å². The molecule has 0 heterocycles. The van der Waals surface area contributed by atoms with Gasteiger partial charge in [-0.15, -0.1) is 0 Å². The Bertz CT molecular complexity index is 203. The van der Waals surface area contributed by atoms with E-state index in [0.717, 1.165) is 18.4 Å². The molecular formula is C10H15N. The molecule has 60 valence electrons. The lowest BCUT2D eigenvalue weighted by Crippen LogP contribution is -2.33. The number of allylic oxidation sites excluding steroid dienone is 2. The van der Waals surface area contributed by atoms with Gasteiger partial charge in [0.1, 0.15) is 0 Å². The van der Waals surface area contributed by atoms with Gasteiger partial charge in [0.2, 0.25) is 0 Å². The normalized spacial score (nSPS) is 37.4. The fraction of sp³-hybridized carbons (Fsp3) is 0.700. The Morgan fingerprint density at radius 3 is 3.27 bits per heavy atom. The van der Waals surface area contributed by atoms with Crippen LogP contribution in [0.25, 0.3) is 0 Å². The summed E-state index contributed by atoms with van der Waals surface area (Å²) in [5, 5.41) is 0. The van der Waals surface area contributed by atoms with Gasteiger partial charge in [-0.05, 0) is 25.2 Å². The molecule has 0 aromatic rings. The van der Waals surface area contributed by atoms with Crippen LogP contribution in [0.4, 0.5) is 0 Å². The fourth-order valence-electron chi connectivity index (χ4n) is 1.97. The lowest BCUT2D eigenvalue weighted by Gasteiger charge is -2.32. The molecule has 0 N–H and O–H groups in total. The third-order valence-corrected chi connectivity index (χ3v) is 2.70. The van der Waals surface area contributed by atoms with E-state index in [4.69, 9.17) is 0 Å². The van der Waals surface area contributed by atoms with Gasteiger partial charge in [-0.1, -0.05) is 19.1 Å². The van der Waals surface area contributed by atoms with Crippen LogP contribution in [-0.2, 0) is 0 Å². The minimum atomic E-state index is 0.821. The highest BCUT2D eigenvalue weighted by molar-refractivity contribution is 5.94. The number of fused-ring (bicyclic) bond motifs is 1. The lowest BCUT2D eigenvalue weighted by molar-refractivity contribution is 0.464. The maximum absolute atomic E-state index is 4.57. The second-order valence-corrected chi connectivity index (χ2v) is 3.51. The number of nitrogens with zero attached hydrogens (tertiary/aromatic N) is 1. The molecule has 0 aliphatic heterocycles. The van der Waals surface area contributed by atoms with E-state index < -0.39 is 0 Å². The average Bonchev–Trinajstić information content (AvgIpc) is 2.33. The van der Waals surface area contributed by atoms with Gasteiger partial charge in [0.15, 0.2) is 0 Å². The highest BCUT2D eigenvalue weighted by Gasteiger charge is 2.37.